The van der Waals surface area contributed by atoms with Gasteiger partial charge < -0.3 is 19.9 Å². The van der Waals surface area contributed by atoms with E-state index in [-0.39, 0.29) is 5.75 Å². The van der Waals surface area contributed by atoms with Crippen molar-refractivity contribution in [3.63, 3.8) is 0 Å². The highest BCUT2D eigenvalue weighted by Crippen LogP contribution is 2.37. The molecule has 0 bridgehead atoms. The maximum Gasteiger partial charge on any atom is 0.132 e. The molecule has 0 radical (unpaired) electrons. The van der Waals surface area contributed by atoms with Crippen LogP contribution in [0.1, 0.15) is 6.42 Å². The van der Waals surface area contributed by atoms with Crippen molar-refractivity contribution >= 4 is 17.4 Å². The van der Waals surface area contributed by atoms with Crippen LogP contribution in [0.3, 0.4) is 0 Å². The number of rotatable bonds is 8. The first-order valence-electron chi connectivity index (χ1n) is 10.9. The highest BCUT2D eigenvalue weighted by atomic mass is 35.5. The molecule has 1 saturated heterocycles. The van der Waals surface area contributed by atoms with Crippen LogP contribution < -0.4 is 10.1 Å². The van der Waals surface area contributed by atoms with Crippen molar-refractivity contribution in [2.75, 3.05) is 51.8 Å². The highest BCUT2D eigenvalue weighted by molar-refractivity contribution is 6.33. The number of nitrogens with one attached hydrogen (secondary N) is 1. The monoisotopic (exact) mass is 471 g/mol. The van der Waals surface area contributed by atoms with Crippen LogP contribution in [0.5, 0.6) is 11.5 Å². The van der Waals surface area contributed by atoms with Gasteiger partial charge in [0.05, 0.1) is 31.0 Å². The van der Waals surface area contributed by atoms with E-state index in [0.29, 0.717) is 45.5 Å². The van der Waals surface area contributed by atoms with E-state index >= 15 is 0 Å². The first-order chi connectivity index (χ1) is 16.0. The molecule has 1 aliphatic rings. The van der Waals surface area contributed by atoms with E-state index in [1.54, 1.807) is 36.4 Å². The van der Waals surface area contributed by atoms with Gasteiger partial charge in [-0.1, -0.05) is 17.7 Å². The molecule has 1 fully saturated rings. The molecule has 2 aromatic carbocycles. The van der Waals surface area contributed by atoms with Gasteiger partial charge in [0.15, 0.2) is 0 Å². The largest absolute Gasteiger partial charge is 0.507 e. The second kappa shape index (κ2) is 10.8. The Kier molecular flexibility index (Phi) is 7.65. The van der Waals surface area contributed by atoms with E-state index in [0.717, 1.165) is 39.3 Å². The predicted molar refractivity (Wildman–Crippen MR) is 129 cm³/mol. The van der Waals surface area contributed by atoms with Crippen molar-refractivity contribution in [3.05, 3.63) is 59.4 Å². The molecular formula is C25H27ClFN3O3. The van der Waals surface area contributed by atoms with Gasteiger partial charge >= 0.3 is 0 Å². The lowest BCUT2D eigenvalue weighted by Gasteiger charge is -2.26. The minimum absolute atomic E-state index is 0.0249. The molecule has 0 unspecified atom stereocenters. The Morgan fingerprint density at radius 2 is 2.00 bits per heavy atom. The van der Waals surface area contributed by atoms with Gasteiger partial charge in [0, 0.05) is 36.8 Å². The molecule has 3 aromatic rings. The van der Waals surface area contributed by atoms with Gasteiger partial charge in [0.1, 0.15) is 23.1 Å². The summed E-state index contributed by atoms with van der Waals surface area (Å²) in [6.45, 7) is 5.10. The number of benzene rings is 2. The summed E-state index contributed by atoms with van der Waals surface area (Å²) in [4.78, 5) is 7.05. The van der Waals surface area contributed by atoms with Gasteiger partial charge in [-0.3, -0.25) is 4.90 Å². The fourth-order valence-corrected chi connectivity index (χ4v) is 4.15. The Balaban J connectivity index is 1.62. The molecule has 2 heterocycles. The second-order valence-electron chi connectivity index (χ2n) is 7.84. The van der Waals surface area contributed by atoms with Crippen LogP contribution in [0.25, 0.3) is 22.4 Å². The summed E-state index contributed by atoms with van der Waals surface area (Å²) in [7, 11) is 1.53. The first-order valence-corrected chi connectivity index (χ1v) is 11.3. The fraction of sp³-hybridized carbons (Fsp3) is 0.320. The molecule has 1 aromatic heterocycles. The Labute approximate surface area is 197 Å². The molecule has 0 aliphatic carbocycles. The van der Waals surface area contributed by atoms with Gasteiger partial charge in [-0.2, -0.15) is 0 Å². The normalized spacial score (nSPS) is 14.3. The minimum atomic E-state index is -0.420. The van der Waals surface area contributed by atoms with Crippen molar-refractivity contribution in [3.8, 4) is 33.9 Å². The molecule has 174 valence electrons. The lowest BCUT2D eigenvalue weighted by atomic mass is 10.0. The molecule has 6 nitrogen and oxygen atoms in total. The minimum Gasteiger partial charge on any atom is -0.507 e. The summed E-state index contributed by atoms with van der Waals surface area (Å²) in [5, 5.41) is 14.2. The lowest BCUT2D eigenvalue weighted by molar-refractivity contribution is 0.0378. The fourth-order valence-electron chi connectivity index (χ4n) is 3.88. The number of nitrogens with zero attached hydrogens (tertiary/aromatic N) is 2. The molecule has 0 spiro atoms. The predicted octanol–water partition coefficient (Wildman–Crippen LogP) is 5.06. The summed E-state index contributed by atoms with van der Waals surface area (Å²) in [5.41, 5.74) is 1.89. The number of ether oxygens (including phenoxy) is 2. The summed E-state index contributed by atoms with van der Waals surface area (Å²) in [5.74, 6) is 0.721. The average molecular weight is 472 g/mol. The Bertz CT molecular complexity index is 1090. The maximum absolute atomic E-state index is 14.7. The smallest absolute Gasteiger partial charge is 0.132 e. The van der Waals surface area contributed by atoms with Crippen LogP contribution in [0.15, 0.2) is 48.5 Å². The number of phenols is 1. The van der Waals surface area contributed by atoms with Gasteiger partial charge in [-0.05, 0) is 54.9 Å². The zero-order valence-electron chi connectivity index (χ0n) is 18.5. The Morgan fingerprint density at radius 1 is 1.18 bits per heavy atom. The highest BCUT2D eigenvalue weighted by Gasteiger charge is 2.16. The topological polar surface area (TPSA) is 66.9 Å². The van der Waals surface area contributed by atoms with E-state index in [2.05, 4.69) is 15.2 Å². The van der Waals surface area contributed by atoms with E-state index in [4.69, 9.17) is 21.1 Å². The number of aromatic nitrogens is 1. The van der Waals surface area contributed by atoms with Crippen molar-refractivity contribution in [2.24, 2.45) is 0 Å². The van der Waals surface area contributed by atoms with E-state index in [1.165, 1.54) is 19.2 Å². The van der Waals surface area contributed by atoms with Gasteiger partial charge in [-0.25, -0.2) is 9.37 Å². The summed E-state index contributed by atoms with van der Waals surface area (Å²) < 4.78 is 25.3. The van der Waals surface area contributed by atoms with Crippen molar-refractivity contribution in [1.82, 2.24) is 9.88 Å². The van der Waals surface area contributed by atoms with E-state index in [1.807, 2.05) is 0 Å². The number of hydrogen-bond acceptors (Lipinski definition) is 6. The number of morpholine rings is 1. The van der Waals surface area contributed by atoms with Crippen molar-refractivity contribution in [2.45, 2.75) is 6.42 Å². The van der Waals surface area contributed by atoms with Gasteiger partial charge in [0.25, 0.3) is 0 Å². The number of methoxy groups -OCH3 is 1. The first kappa shape index (κ1) is 23.3. The lowest BCUT2D eigenvalue weighted by Crippen LogP contribution is -2.37. The molecule has 0 atom stereocenters. The third-order valence-electron chi connectivity index (χ3n) is 5.62. The SMILES string of the molecule is COc1ccc(-c2cc(-c3c(F)cccc3Cl)cc(NCCCN3CCOCC3)n2)c(O)c1. The van der Waals surface area contributed by atoms with Crippen molar-refractivity contribution < 1.29 is 19.0 Å². The number of halogens is 2. The number of hydrogen-bond donors (Lipinski definition) is 2. The Morgan fingerprint density at radius 3 is 2.73 bits per heavy atom. The second-order valence-corrected chi connectivity index (χ2v) is 8.25. The Hall–Kier alpha value is -2.87. The summed E-state index contributed by atoms with van der Waals surface area (Å²) >= 11 is 6.34. The molecule has 2 N–H and O–H groups in total. The van der Waals surface area contributed by atoms with Crippen LogP contribution in [-0.4, -0.2) is 61.5 Å². The molecule has 0 saturated carbocycles. The number of anilines is 1. The molecule has 1 aliphatic heterocycles. The number of aromatic hydroxyl groups is 1. The van der Waals surface area contributed by atoms with Gasteiger partial charge in [0.2, 0.25) is 0 Å². The summed E-state index contributed by atoms with van der Waals surface area (Å²) in [6.07, 6.45) is 0.926. The summed E-state index contributed by atoms with van der Waals surface area (Å²) in [6, 6.07) is 13.1. The molecule has 4 rings (SSSR count). The van der Waals surface area contributed by atoms with Crippen LogP contribution in [0, 0.1) is 5.82 Å². The number of pyridine rings is 1. The third kappa shape index (κ3) is 5.74. The van der Waals surface area contributed by atoms with Crippen molar-refractivity contribution in [1.29, 1.82) is 0 Å². The number of phenolic OH excluding ortho intramolecular Hbond substituents is 1. The molecular weight excluding hydrogens is 445 g/mol. The van der Waals surface area contributed by atoms with Crippen LogP contribution >= 0.6 is 11.6 Å². The van der Waals surface area contributed by atoms with E-state index < -0.39 is 5.82 Å². The molecule has 8 heteroatoms. The maximum atomic E-state index is 14.7. The van der Waals surface area contributed by atoms with Crippen LogP contribution in [0.2, 0.25) is 5.02 Å². The van der Waals surface area contributed by atoms with E-state index in [9.17, 15) is 9.50 Å². The third-order valence-corrected chi connectivity index (χ3v) is 5.93. The zero-order valence-corrected chi connectivity index (χ0v) is 19.2. The van der Waals surface area contributed by atoms with Crippen LogP contribution in [0.4, 0.5) is 10.2 Å². The zero-order chi connectivity index (χ0) is 23.2. The molecule has 0 amide bonds. The molecule has 33 heavy (non-hydrogen) atoms. The average Bonchev–Trinajstić information content (AvgIpc) is 2.82. The quantitative estimate of drug-likeness (QED) is 0.448. The van der Waals surface area contributed by atoms with Gasteiger partial charge in [-0.15, -0.1) is 0 Å². The standard InChI is InChI=1S/C25H27ClFN3O3/c1-32-18-6-7-19(23(31)16-18)22-14-17(25-20(26)4-2-5-21(25)27)15-24(29-22)28-8-3-9-30-10-12-33-13-11-30/h2,4-7,14-16,31H,3,8-13H2,1H3,(H,28,29). The van der Waals surface area contributed by atoms with Crippen LogP contribution in [-0.2, 0) is 4.74 Å².